The van der Waals surface area contributed by atoms with E-state index in [1.807, 2.05) is 13.8 Å². The highest BCUT2D eigenvalue weighted by Crippen LogP contribution is 2.28. The molecule has 1 fully saturated rings. The third kappa shape index (κ3) is 4.03. The molecule has 0 spiro atoms. The first-order valence-corrected chi connectivity index (χ1v) is 11.0. The standard InChI is InChI=1S/C18H24N4O3S2/c1-4-5-7-22-16(24)14-11(2)12(3)27-15(14)20-18(22)26-9-6-8-21-13(23)10-19-17(21)25/h4-10H2,1-3H3,(H,19,25). The molecule has 1 aliphatic heterocycles. The summed E-state index contributed by atoms with van der Waals surface area (Å²) in [6.45, 7) is 7.22. The van der Waals surface area contributed by atoms with Gasteiger partial charge in [0, 0.05) is 23.7 Å². The number of fused-ring (bicyclic) bond motifs is 1. The molecule has 3 heterocycles. The first kappa shape index (κ1) is 19.9. The maximum atomic E-state index is 13.0. The Morgan fingerprint density at radius 1 is 1.19 bits per heavy atom. The SMILES string of the molecule is CCCCn1c(SCCCN2C(=O)CNC2=O)nc2sc(C)c(C)c2c1=O. The van der Waals surface area contributed by atoms with Gasteiger partial charge in [0.25, 0.3) is 5.56 Å². The second-order valence-corrected chi connectivity index (χ2v) is 8.84. The van der Waals surface area contributed by atoms with Crippen molar-refractivity contribution in [1.29, 1.82) is 0 Å². The van der Waals surface area contributed by atoms with Crippen molar-refractivity contribution >= 4 is 45.3 Å². The second kappa shape index (κ2) is 8.43. The van der Waals surface area contributed by atoms with Gasteiger partial charge in [0.05, 0.1) is 11.9 Å². The third-order valence-corrected chi connectivity index (χ3v) is 6.85. The average molecular weight is 409 g/mol. The smallest absolute Gasteiger partial charge is 0.324 e. The van der Waals surface area contributed by atoms with Gasteiger partial charge in [-0.15, -0.1) is 11.3 Å². The van der Waals surface area contributed by atoms with E-state index in [1.165, 1.54) is 16.7 Å². The quantitative estimate of drug-likeness (QED) is 0.314. The van der Waals surface area contributed by atoms with Gasteiger partial charge in [-0.1, -0.05) is 25.1 Å². The van der Waals surface area contributed by atoms with Gasteiger partial charge in [0.2, 0.25) is 5.91 Å². The number of amides is 3. The number of rotatable bonds is 8. The van der Waals surface area contributed by atoms with Gasteiger partial charge in [-0.05, 0) is 32.3 Å². The zero-order chi connectivity index (χ0) is 19.6. The van der Waals surface area contributed by atoms with Crippen LogP contribution in [-0.4, -0.2) is 45.2 Å². The summed E-state index contributed by atoms with van der Waals surface area (Å²) in [7, 11) is 0. The van der Waals surface area contributed by atoms with Crippen LogP contribution in [0.2, 0.25) is 0 Å². The number of thiophene rings is 1. The highest BCUT2D eigenvalue weighted by Gasteiger charge is 2.27. The van der Waals surface area contributed by atoms with Gasteiger partial charge in [0.1, 0.15) is 4.83 Å². The van der Waals surface area contributed by atoms with Crippen molar-refractivity contribution in [3.8, 4) is 0 Å². The van der Waals surface area contributed by atoms with Crippen LogP contribution >= 0.6 is 23.1 Å². The Morgan fingerprint density at radius 2 is 1.96 bits per heavy atom. The monoisotopic (exact) mass is 408 g/mol. The van der Waals surface area contributed by atoms with Crippen LogP contribution in [0.5, 0.6) is 0 Å². The molecular formula is C18H24N4O3S2. The van der Waals surface area contributed by atoms with Gasteiger partial charge in [0.15, 0.2) is 5.16 Å². The summed E-state index contributed by atoms with van der Waals surface area (Å²) >= 11 is 3.07. The van der Waals surface area contributed by atoms with Gasteiger partial charge < -0.3 is 5.32 Å². The molecule has 2 aromatic heterocycles. The Labute approximate surface area is 166 Å². The van der Waals surface area contributed by atoms with Gasteiger partial charge in [-0.25, -0.2) is 9.78 Å². The zero-order valence-corrected chi connectivity index (χ0v) is 17.5. The van der Waals surface area contributed by atoms with Crippen LogP contribution in [-0.2, 0) is 11.3 Å². The van der Waals surface area contributed by atoms with E-state index >= 15 is 0 Å². The molecule has 146 valence electrons. The minimum atomic E-state index is -0.325. The maximum Gasteiger partial charge on any atom is 0.324 e. The molecule has 1 aliphatic rings. The molecule has 0 unspecified atom stereocenters. The summed E-state index contributed by atoms with van der Waals surface area (Å²) in [6.07, 6.45) is 2.59. The van der Waals surface area contributed by atoms with E-state index in [0.717, 1.165) is 38.7 Å². The molecule has 0 aromatic carbocycles. The third-order valence-electron chi connectivity index (χ3n) is 4.68. The van der Waals surface area contributed by atoms with Crippen molar-refractivity contribution in [2.45, 2.75) is 51.7 Å². The van der Waals surface area contributed by atoms with Crippen LogP contribution in [0, 0.1) is 13.8 Å². The number of carbonyl (C=O) groups excluding carboxylic acids is 2. The average Bonchev–Trinajstić information content (AvgIpc) is 3.10. The topological polar surface area (TPSA) is 84.3 Å². The predicted octanol–water partition coefficient (Wildman–Crippen LogP) is 2.91. The fourth-order valence-electron chi connectivity index (χ4n) is 3.00. The first-order chi connectivity index (χ1) is 12.9. The van der Waals surface area contributed by atoms with Crippen LogP contribution in [0.3, 0.4) is 0 Å². The zero-order valence-electron chi connectivity index (χ0n) is 15.8. The van der Waals surface area contributed by atoms with E-state index in [-0.39, 0.29) is 24.0 Å². The van der Waals surface area contributed by atoms with Crippen LogP contribution < -0.4 is 10.9 Å². The minimum absolute atomic E-state index is 0.0342. The van der Waals surface area contributed by atoms with E-state index in [1.54, 1.807) is 15.9 Å². The van der Waals surface area contributed by atoms with Gasteiger partial charge >= 0.3 is 6.03 Å². The number of aromatic nitrogens is 2. The number of hydrogen-bond donors (Lipinski definition) is 1. The van der Waals surface area contributed by atoms with Crippen molar-refractivity contribution in [3.05, 3.63) is 20.8 Å². The summed E-state index contributed by atoms with van der Waals surface area (Å²) < 4.78 is 1.78. The Morgan fingerprint density at radius 3 is 2.63 bits per heavy atom. The summed E-state index contributed by atoms with van der Waals surface area (Å²) in [5.41, 5.74) is 1.06. The number of unbranched alkanes of at least 4 members (excludes halogenated alkanes) is 1. The molecule has 0 bridgehead atoms. The van der Waals surface area contributed by atoms with Crippen molar-refractivity contribution < 1.29 is 9.59 Å². The molecule has 1 N–H and O–H groups in total. The number of carbonyl (C=O) groups is 2. The van der Waals surface area contributed by atoms with E-state index in [9.17, 15) is 14.4 Å². The highest BCUT2D eigenvalue weighted by molar-refractivity contribution is 7.99. The molecule has 0 atom stereocenters. The molecule has 0 saturated carbocycles. The lowest BCUT2D eigenvalue weighted by Crippen LogP contribution is -2.32. The number of nitrogens with one attached hydrogen (secondary N) is 1. The number of urea groups is 1. The number of hydrogen-bond acceptors (Lipinski definition) is 6. The molecule has 1 saturated heterocycles. The fraction of sp³-hybridized carbons (Fsp3) is 0.556. The molecule has 3 rings (SSSR count). The number of aryl methyl sites for hydroxylation is 2. The number of nitrogens with zero attached hydrogens (tertiary/aromatic N) is 3. The first-order valence-electron chi connectivity index (χ1n) is 9.15. The van der Waals surface area contributed by atoms with Gasteiger partial charge in [-0.3, -0.25) is 19.1 Å². The summed E-state index contributed by atoms with van der Waals surface area (Å²) in [4.78, 5) is 44.1. The van der Waals surface area contributed by atoms with Crippen LogP contribution in [0.25, 0.3) is 10.2 Å². The van der Waals surface area contributed by atoms with E-state index in [0.29, 0.717) is 25.3 Å². The number of thioether (sulfide) groups is 1. The Balaban J connectivity index is 1.77. The molecule has 27 heavy (non-hydrogen) atoms. The van der Waals surface area contributed by atoms with E-state index < -0.39 is 0 Å². The lowest BCUT2D eigenvalue weighted by Gasteiger charge is -2.13. The normalized spacial score (nSPS) is 14.4. The number of imide groups is 1. The van der Waals surface area contributed by atoms with Crippen molar-refractivity contribution in [2.75, 3.05) is 18.8 Å². The van der Waals surface area contributed by atoms with E-state index in [4.69, 9.17) is 4.98 Å². The Kier molecular flexibility index (Phi) is 6.21. The van der Waals surface area contributed by atoms with Gasteiger partial charge in [-0.2, -0.15) is 0 Å². The Hall–Kier alpha value is -1.87. The minimum Gasteiger partial charge on any atom is -0.329 e. The molecule has 9 heteroatoms. The van der Waals surface area contributed by atoms with Crippen LogP contribution in [0.1, 0.15) is 36.6 Å². The van der Waals surface area contributed by atoms with E-state index in [2.05, 4.69) is 12.2 Å². The highest BCUT2D eigenvalue weighted by atomic mass is 32.2. The molecule has 2 aromatic rings. The molecule has 7 nitrogen and oxygen atoms in total. The lowest BCUT2D eigenvalue weighted by molar-refractivity contribution is -0.124. The Bertz CT molecular complexity index is 919. The van der Waals surface area contributed by atoms with Crippen LogP contribution in [0.4, 0.5) is 4.79 Å². The second-order valence-electron chi connectivity index (χ2n) is 6.57. The van der Waals surface area contributed by atoms with Crippen molar-refractivity contribution in [3.63, 3.8) is 0 Å². The molecule has 3 amide bonds. The fourth-order valence-corrected chi connectivity index (χ4v) is 5.02. The summed E-state index contributed by atoms with van der Waals surface area (Å²) in [5, 5.41) is 3.97. The molecule has 0 aliphatic carbocycles. The summed E-state index contributed by atoms with van der Waals surface area (Å²) in [6, 6.07) is -0.325. The lowest BCUT2D eigenvalue weighted by atomic mass is 10.2. The largest absolute Gasteiger partial charge is 0.329 e. The van der Waals surface area contributed by atoms with Crippen molar-refractivity contribution in [1.82, 2.24) is 19.8 Å². The van der Waals surface area contributed by atoms with Crippen LogP contribution in [0.15, 0.2) is 9.95 Å². The van der Waals surface area contributed by atoms with Crippen molar-refractivity contribution in [2.24, 2.45) is 0 Å². The predicted molar refractivity (Wildman–Crippen MR) is 109 cm³/mol. The molecular weight excluding hydrogens is 384 g/mol. The maximum absolute atomic E-state index is 13.0. The molecule has 0 radical (unpaired) electrons. The summed E-state index contributed by atoms with van der Waals surface area (Å²) in [5.74, 6) is 0.499.